The van der Waals surface area contributed by atoms with E-state index in [1.807, 2.05) is 6.07 Å². The summed E-state index contributed by atoms with van der Waals surface area (Å²) in [5, 5.41) is 9.19. The van der Waals surface area contributed by atoms with E-state index in [0.29, 0.717) is 18.9 Å². The molecule has 200 valence electrons. The predicted octanol–water partition coefficient (Wildman–Crippen LogP) is 7.49. The molecule has 0 aromatic heterocycles. The van der Waals surface area contributed by atoms with Crippen molar-refractivity contribution >= 4 is 5.97 Å². The Bertz CT molecular complexity index is 995. The van der Waals surface area contributed by atoms with Crippen LogP contribution in [-0.2, 0) is 16.0 Å². The van der Waals surface area contributed by atoms with Gasteiger partial charge in [-0.2, -0.15) is 0 Å². The summed E-state index contributed by atoms with van der Waals surface area (Å²) in [6.07, 6.45) is 13.8. The molecule has 1 N–H and O–H groups in total. The minimum absolute atomic E-state index is 0.0264. The number of hydrogen-bond acceptors (Lipinski definition) is 4. The van der Waals surface area contributed by atoms with Crippen molar-refractivity contribution in [3.05, 3.63) is 66.2 Å². The number of ether oxygens (including phenoxy) is 2. The summed E-state index contributed by atoms with van der Waals surface area (Å²) in [6, 6.07) is 15.4. The SMILES string of the molecule is C=CC(=O)OCCCc1cc(-c2ccc(C3CCC(C4CCC(C)CC4)CC3)cc2)ccc1OCCO. The molecule has 2 aromatic carbocycles. The average Bonchev–Trinajstić information content (AvgIpc) is 2.95. The second-order valence-corrected chi connectivity index (χ2v) is 11.1. The highest BCUT2D eigenvalue weighted by molar-refractivity contribution is 5.81. The van der Waals surface area contributed by atoms with Crippen LogP contribution in [0.3, 0.4) is 0 Å². The van der Waals surface area contributed by atoms with E-state index in [-0.39, 0.29) is 13.2 Å². The van der Waals surface area contributed by atoms with Gasteiger partial charge in [0.15, 0.2) is 0 Å². The van der Waals surface area contributed by atoms with Crippen molar-refractivity contribution in [3.63, 3.8) is 0 Å². The number of rotatable bonds is 11. The number of benzene rings is 2. The van der Waals surface area contributed by atoms with Crippen LogP contribution in [0.1, 0.15) is 81.8 Å². The summed E-state index contributed by atoms with van der Waals surface area (Å²) in [5.41, 5.74) is 4.88. The molecular formula is C33H44O4. The molecule has 2 aromatic rings. The molecule has 2 fully saturated rings. The number of aryl methyl sites for hydroxylation is 1. The fourth-order valence-electron chi connectivity index (χ4n) is 6.37. The van der Waals surface area contributed by atoms with Gasteiger partial charge in [0, 0.05) is 6.08 Å². The third kappa shape index (κ3) is 7.70. The molecule has 4 nitrogen and oxygen atoms in total. The standard InChI is InChI=1S/C33H44O4/c1-3-33(35)37-21-4-5-31-23-30(18-19-32(31)36-22-20-34)29-16-14-28(15-17-29)27-12-10-26(11-13-27)25-8-6-24(2)7-9-25/h3,14-19,23-27,34H,1,4-13,20-22H2,2H3. The molecular weight excluding hydrogens is 460 g/mol. The zero-order valence-electron chi connectivity index (χ0n) is 22.5. The average molecular weight is 505 g/mol. The zero-order valence-corrected chi connectivity index (χ0v) is 22.5. The van der Waals surface area contributed by atoms with E-state index in [1.54, 1.807) is 0 Å². The molecule has 37 heavy (non-hydrogen) atoms. The lowest BCUT2D eigenvalue weighted by Crippen LogP contribution is -2.24. The maximum absolute atomic E-state index is 11.3. The highest BCUT2D eigenvalue weighted by Crippen LogP contribution is 2.44. The molecule has 0 aliphatic heterocycles. The number of aliphatic hydroxyl groups is 1. The normalized spacial score (nSPS) is 23.8. The van der Waals surface area contributed by atoms with Gasteiger partial charge in [-0.3, -0.25) is 0 Å². The summed E-state index contributed by atoms with van der Waals surface area (Å²) < 4.78 is 10.9. The van der Waals surface area contributed by atoms with Crippen LogP contribution in [0.25, 0.3) is 11.1 Å². The van der Waals surface area contributed by atoms with E-state index >= 15 is 0 Å². The fraction of sp³-hybridized carbons (Fsp3) is 0.545. The van der Waals surface area contributed by atoms with Gasteiger partial charge in [-0.25, -0.2) is 4.79 Å². The molecule has 4 rings (SSSR count). The minimum atomic E-state index is -0.400. The Balaban J connectivity index is 1.36. The van der Waals surface area contributed by atoms with E-state index in [2.05, 4.69) is 49.9 Å². The predicted molar refractivity (Wildman–Crippen MR) is 150 cm³/mol. The van der Waals surface area contributed by atoms with Crippen molar-refractivity contribution in [1.82, 2.24) is 0 Å². The topological polar surface area (TPSA) is 55.8 Å². The first-order chi connectivity index (χ1) is 18.1. The van der Waals surface area contributed by atoms with Gasteiger partial charge in [0.2, 0.25) is 0 Å². The van der Waals surface area contributed by atoms with Crippen LogP contribution in [0.4, 0.5) is 0 Å². The molecule has 0 saturated heterocycles. The van der Waals surface area contributed by atoms with Crippen LogP contribution in [-0.4, -0.2) is 30.9 Å². The van der Waals surface area contributed by atoms with Gasteiger partial charge >= 0.3 is 5.97 Å². The number of aliphatic hydroxyl groups excluding tert-OH is 1. The number of hydrogen-bond donors (Lipinski definition) is 1. The number of esters is 1. The molecule has 2 aliphatic carbocycles. The van der Waals surface area contributed by atoms with E-state index in [9.17, 15) is 9.90 Å². The fourth-order valence-corrected chi connectivity index (χ4v) is 6.37. The smallest absolute Gasteiger partial charge is 0.330 e. The van der Waals surface area contributed by atoms with Gasteiger partial charge in [-0.15, -0.1) is 0 Å². The second kappa shape index (κ2) is 13.8. The Morgan fingerprint density at radius 1 is 0.919 bits per heavy atom. The van der Waals surface area contributed by atoms with Crippen LogP contribution < -0.4 is 4.74 Å². The molecule has 0 bridgehead atoms. The van der Waals surface area contributed by atoms with Crippen molar-refractivity contribution in [2.45, 2.75) is 77.0 Å². The molecule has 0 heterocycles. The lowest BCUT2D eigenvalue weighted by atomic mass is 9.68. The first-order valence-electron chi connectivity index (χ1n) is 14.3. The summed E-state index contributed by atoms with van der Waals surface area (Å²) in [5.74, 6) is 3.93. The minimum Gasteiger partial charge on any atom is -0.491 e. The van der Waals surface area contributed by atoms with Crippen LogP contribution in [0, 0.1) is 17.8 Å². The van der Waals surface area contributed by atoms with E-state index < -0.39 is 5.97 Å². The summed E-state index contributed by atoms with van der Waals surface area (Å²) >= 11 is 0. The molecule has 2 saturated carbocycles. The van der Waals surface area contributed by atoms with Gasteiger partial charge in [-0.05, 0) is 109 Å². The van der Waals surface area contributed by atoms with Crippen LogP contribution in [0.15, 0.2) is 55.1 Å². The van der Waals surface area contributed by atoms with Gasteiger partial charge in [0.1, 0.15) is 12.4 Å². The summed E-state index contributed by atoms with van der Waals surface area (Å²) in [7, 11) is 0. The van der Waals surface area contributed by atoms with Crippen LogP contribution in [0.5, 0.6) is 5.75 Å². The van der Waals surface area contributed by atoms with Gasteiger partial charge in [-0.1, -0.05) is 56.7 Å². The highest BCUT2D eigenvalue weighted by atomic mass is 16.5. The van der Waals surface area contributed by atoms with Gasteiger partial charge < -0.3 is 14.6 Å². The van der Waals surface area contributed by atoms with Gasteiger partial charge in [0.25, 0.3) is 0 Å². The van der Waals surface area contributed by atoms with E-state index in [0.717, 1.165) is 41.1 Å². The third-order valence-corrected chi connectivity index (χ3v) is 8.63. The quantitative estimate of drug-likeness (QED) is 0.196. The Morgan fingerprint density at radius 2 is 1.57 bits per heavy atom. The zero-order chi connectivity index (χ0) is 26.0. The molecule has 4 heteroatoms. The second-order valence-electron chi connectivity index (χ2n) is 11.1. The Kier molecular flexibility index (Phi) is 10.2. The first kappa shape index (κ1) is 27.4. The molecule has 0 radical (unpaired) electrons. The molecule has 0 unspecified atom stereocenters. The third-order valence-electron chi connectivity index (χ3n) is 8.63. The maximum Gasteiger partial charge on any atom is 0.330 e. The number of carbonyl (C=O) groups excluding carboxylic acids is 1. The highest BCUT2D eigenvalue weighted by Gasteiger charge is 2.30. The molecule has 0 amide bonds. The Hall–Kier alpha value is -2.59. The van der Waals surface area contributed by atoms with E-state index in [1.165, 1.54) is 68.6 Å². The lowest BCUT2D eigenvalue weighted by Gasteiger charge is -2.37. The van der Waals surface area contributed by atoms with Crippen molar-refractivity contribution in [1.29, 1.82) is 0 Å². The van der Waals surface area contributed by atoms with Crippen LogP contribution >= 0.6 is 0 Å². The van der Waals surface area contributed by atoms with Gasteiger partial charge in [0.05, 0.1) is 13.2 Å². The maximum atomic E-state index is 11.3. The van der Waals surface area contributed by atoms with Crippen molar-refractivity contribution in [3.8, 4) is 16.9 Å². The molecule has 2 aliphatic rings. The Morgan fingerprint density at radius 3 is 2.22 bits per heavy atom. The molecule has 0 spiro atoms. The van der Waals surface area contributed by atoms with Crippen molar-refractivity contribution in [2.24, 2.45) is 17.8 Å². The monoisotopic (exact) mass is 504 g/mol. The number of carbonyl (C=O) groups is 1. The Labute approximate surface area is 223 Å². The summed E-state index contributed by atoms with van der Waals surface area (Å²) in [4.78, 5) is 11.3. The molecule has 0 atom stereocenters. The van der Waals surface area contributed by atoms with Crippen LogP contribution in [0.2, 0.25) is 0 Å². The summed E-state index contributed by atoms with van der Waals surface area (Å²) in [6.45, 7) is 6.42. The lowest BCUT2D eigenvalue weighted by molar-refractivity contribution is -0.137. The van der Waals surface area contributed by atoms with E-state index in [4.69, 9.17) is 9.47 Å². The van der Waals surface area contributed by atoms with Crippen molar-refractivity contribution < 1.29 is 19.4 Å². The first-order valence-corrected chi connectivity index (χ1v) is 14.3. The largest absolute Gasteiger partial charge is 0.491 e. The van der Waals surface area contributed by atoms with Crippen molar-refractivity contribution in [2.75, 3.05) is 19.8 Å².